The molecule has 11 nitrogen and oxygen atoms in total. The summed E-state index contributed by atoms with van der Waals surface area (Å²) in [6.07, 6.45) is 2.95. The van der Waals surface area contributed by atoms with E-state index in [1.165, 1.54) is 21.5 Å². The quantitative estimate of drug-likeness (QED) is 0.0641. The van der Waals surface area contributed by atoms with Crippen LogP contribution in [0.3, 0.4) is 0 Å². The molecule has 0 unspecified atom stereocenters. The van der Waals surface area contributed by atoms with E-state index in [1.807, 2.05) is 60.8 Å². The number of aryl methyl sites for hydroxylation is 1. The maximum Gasteiger partial charge on any atom is 0.206 e. The molecule has 0 aliphatic heterocycles. The predicted octanol–water partition coefficient (Wildman–Crippen LogP) is 7.66. The smallest absolute Gasteiger partial charge is 0.206 e. The van der Waals surface area contributed by atoms with E-state index in [9.17, 15) is 8.78 Å². The zero-order chi connectivity index (χ0) is 34.1. The molecule has 13 heteroatoms. The molecule has 4 aromatic carbocycles. The molecule has 7 rings (SSSR count). The second-order valence-electron chi connectivity index (χ2n) is 10.2. The van der Waals surface area contributed by atoms with Gasteiger partial charge in [0.1, 0.15) is 18.1 Å². The summed E-state index contributed by atoms with van der Waals surface area (Å²) in [7, 11) is 0.500. The molecule has 0 atom stereocenters. The van der Waals surface area contributed by atoms with Crippen molar-refractivity contribution in [1.29, 1.82) is 0 Å². The van der Waals surface area contributed by atoms with Crippen molar-refractivity contribution < 1.29 is 25.2 Å². The van der Waals surface area contributed by atoms with Crippen LogP contribution in [0.4, 0.5) is 8.78 Å². The SMILES string of the molecule is CF.FCCCc1cn(CCOc2ccc3c(c2)[nH]c2ccccc23)nn1.[2H]O.[N-]=[N+]=NCCOc1ccc2c(c1)[nH]c1ccccc12. The fourth-order valence-electron chi connectivity index (χ4n) is 5.16. The molecule has 0 aliphatic carbocycles. The van der Waals surface area contributed by atoms with Gasteiger partial charge in [-0.2, -0.15) is 0 Å². The zero-order valence-electron chi connectivity index (χ0n) is 26.8. The number of para-hydroxylation sites is 2. The van der Waals surface area contributed by atoms with E-state index in [1.54, 1.807) is 4.68 Å². The summed E-state index contributed by atoms with van der Waals surface area (Å²) in [5, 5.41) is 16.3. The number of hydrogen-bond donors (Lipinski definition) is 2. The van der Waals surface area contributed by atoms with Gasteiger partial charge in [0.15, 0.2) is 0 Å². The number of halogens is 2. The maximum atomic E-state index is 12.2. The van der Waals surface area contributed by atoms with E-state index in [2.05, 4.69) is 60.6 Å². The number of rotatable bonds is 11. The average molecular weight is 644 g/mol. The average Bonchev–Trinajstić information content (AvgIpc) is 3.86. The number of fused-ring (bicyclic) bond motifs is 6. The van der Waals surface area contributed by atoms with Crippen LogP contribution < -0.4 is 9.47 Å². The molecule has 0 spiro atoms. The van der Waals surface area contributed by atoms with Crippen LogP contribution in [0.15, 0.2) is 96.2 Å². The molecule has 0 radical (unpaired) electrons. The van der Waals surface area contributed by atoms with Crippen LogP contribution in [-0.2, 0) is 13.0 Å². The van der Waals surface area contributed by atoms with Crippen molar-refractivity contribution in [1.82, 2.24) is 25.0 Å². The van der Waals surface area contributed by atoms with Gasteiger partial charge in [0, 0.05) is 55.8 Å². The van der Waals surface area contributed by atoms with Crippen molar-refractivity contribution in [2.24, 2.45) is 5.11 Å². The Morgan fingerprint density at radius 1 is 0.830 bits per heavy atom. The van der Waals surface area contributed by atoms with Crippen molar-refractivity contribution in [3.8, 4) is 11.5 Å². The molecule has 47 heavy (non-hydrogen) atoms. The molecule has 3 aromatic heterocycles. The van der Waals surface area contributed by atoms with Gasteiger partial charge >= 0.3 is 0 Å². The number of aromatic nitrogens is 5. The third-order valence-electron chi connectivity index (χ3n) is 7.22. The molecular weight excluding hydrogens is 606 g/mol. The van der Waals surface area contributed by atoms with E-state index in [4.69, 9.17) is 21.9 Å². The van der Waals surface area contributed by atoms with Gasteiger partial charge in [-0.3, -0.25) is 8.78 Å². The lowest BCUT2D eigenvalue weighted by molar-refractivity contribution is 0.290. The summed E-state index contributed by atoms with van der Waals surface area (Å²) >= 11 is 0. The molecule has 0 saturated heterocycles. The first-order valence-electron chi connectivity index (χ1n) is 15.3. The third-order valence-corrected chi connectivity index (χ3v) is 7.22. The molecule has 3 heterocycles. The lowest BCUT2D eigenvalue weighted by atomic mass is 10.1. The van der Waals surface area contributed by atoms with Crippen LogP contribution in [-0.4, -0.2) is 64.1 Å². The van der Waals surface area contributed by atoms with Gasteiger partial charge in [0.05, 0.1) is 50.3 Å². The highest BCUT2D eigenvalue weighted by Gasteiger charge is 2.07. The Bertz CT molecular complexity index is 2070. The van der Waals surface area contributed by atoms with Gasteiger partial charge in [-0.25, -0.2) is 4.68 Å². The minimum Gasteiger partial charge on any atom is -0.493 e. The Balaban J connectivity index is 0.000000202. The summed E-state index contributed by atoms with van der Waals surface area (Å²) in [5.74, 6) is 1.59. The summed E-state index contributed by atoms with van der Waals surface area (Å²) in [5.41, 5.74) is 19.6. The Morgan fingerprint density at radius 2 is 1.38 bits per heavy atom. The molecule has 4 N–H and O–H groups in total. The molecular formula is C34H36F2N8O3. The largest absolute Gasteiger partial charge is 0.493 e. The summed E-state index contributed by atoms with van der Waals surface area (Å²) in [4.78, 5) is 9.45. The first-order valence-corrected chi connectivity index (χ1v) is 14.8. The van der Waals surface area contributed by atoms with Crippen molar-refractivity contribution in [2.45, 2.75) is 19.4 Å². The fourth-order valence-corrected chi connectivity index (χ4v) is 5.16. The van der Waals surface area contributed by atoms with Crippen molar-refractivity contribution >= 4 is 43.6 Å². The van der Waals surface area contributed by atoms with Crippen LogP contribution in [0.2, 0.25) is 0 Å². The lowest BCUT2D eigenvalue weighted by Gasteiger charge is -2.06. The number of benzene rings is 4. The van der Waals surface area contributed by atoms with E-state index in [-0.39, 0.29) is 6.67 Å². The van der Waals surface area contributed by atoms with Gasteiger partial charge in [0.2, 0.25) is 1.43 Å². The number of alkyl halides is 2. The standard InChI is InChI=1S/C19H19FN4O.C14H12N4O.CH3F.H2O/c20-9-3-4-14-13-24(23-22-14)10-11-25-15-7-8-17-16-5-1-2-6-18(16)21-19(17)12-15;15-18-16-7-8-19-10-5-6-12-11-3-1-2-4-13(11)17-14(12)9-10;1-2;/h1-2,5-8,12-13,21H,3-4,9-11H2;1-6,9,17H,7-8H2;1H3;1H2/i/hD. The first kappa shape index (κ1) is 32.7. The second-order valence-corrected chi connectivity index (χ2v) is 10.2. The fraction of sp³-hybridized carbons (Fsp3) is 0.235. The molecule has 7 aromatic rings. The molecule has 0 amide bonds. The van der Waals surface area contributed by atoms with Crippen LogP contribution in [0, 0.1) is 0 Å². The summed E-state index contributed by atoms with van der Waals surface area (Å²) in [6, 6.07) is 28.4. The molecule has 0 bridgehead atoms. The van der Waals surface area contributed by atoms with Gasteiger partial charge in [-0.15, -0.1) is 5.10 Å². The van der Waals surface area contributed by atoms with E-state index >= 15 is 0 Å². The highest BCUT2D eigenvalue weighted by molar-refractivity contribution is 6.08. The van der Waals surface area contributed by atoms with Gasteiger partial charge in [0.25, 0.3) is 0 Å². The van der Waals surface area contributed by atoms with Gasteiger partial charge in [-0.05, 0) is 54.8 Å². The van der Waals surface area contributed by atoms with E-state index in [0.29, 0.717) is 46.3 Å². The number of azide groups is 1. The van der Waals surface area contributed by atoms with Crippen molar-refractivity contribution in [3.63, 3.8) is 0 Å². The highest BCUT2D eigenvalue weighted by Crippen LogP contribution is 2.29. The number of ether oxygens (including phenoxy) is 2. The summed E-state index contributed by atoms with van der Waals surface area (Å²) in [6.45, 7) is 1.49. The van der Waals surface area contributed by atoms with E-state index in [0.717, 1.165) is 39.3 Å². The monoisotopic (exact) mass is 643 g/mol. The van der Waals surface area contributed by atoms with Crippen molar-refractivity contribution in [3.05, 3.63) is 107 Å². The minimum absolute atomic E-state index is 0.327. The maximum absolute atomic E-state index is 12.2. The molecule has 0 fully saturated rings. The number of hydrogen-bond acceptors (Lipinski definition) is 5. The van der Waals surface area contributed by atoms with Crippen molar-refractivity contribution in [2.75, 3.05) is 33.6 Å². The Morgan fingerprint density at radius 3 is 1.96 bits per heavy atom. The van der Waals surface area contributed by atoms with E-state index < -0.39 is 0 Å². The summed E-state index contributed by atoms with van der Waals surface area (Å²) < 4.78 is 39.5. The van der Waals surface area contributed by atoms with Crippen LogP contribution in [0.5, 0.6) is 11.5 Å². The van der Waals surface area contributed by atoms with Crippen LogP contribution in [0.1, 0.15) is 13.5 Å². The first-order chi connectivity index (χ1) is 23.7. The molecule has 244 valence electrons. The Hall–Kier alpha value is -5.65. The van der Waals surface area contributed by atoms with Gasteiger partial charge in [-0.1, -0.05) is 46.7 Å². The topological polar surface area (TPSA) is 161 Å². The number of nitrogens with zero attached hydrogens (tertiary/aromatic N) is 6. The molecule has 0 aliphatic rings. The Kier molecular flexibility index (Phi) is 11.9. The van der Waals surface area contributed by atoms with Crippen LogP contribution >= 0.6 is 0 Å². The number of nitrogens with one attached hydrogen (secondary N) is 2. The van der Waals surface area contributed by atoms with Gasteiger partial charge < -0.3 is 24.9 Å². The third kappa shape index (κ3) is 8.54. The normalized spacial score (nSPS) is 10.6. The lowest BCUT2D eigenvalue weighted by Crippen LogP contribution is -2.08. The minimum atomic E-state index is -0.327. The zero-order valence-corrected chi connectivity index (χ0v) is 25.8. The highest BCUT2D eigenvalue weighted by atomic mass is 19.1. The second kappa shape index (κ2) is 17.2. The predicted molar refractivity (Wildman–Crippen MR) is 182 cm³/mol. The van der Waals surface area contributed by atoms with Crippen LogP contribution in [0.25, 0.3) is 54.1 Å². The molecule has 0 saturated carbocycles. The number of H-pyrrole nitrogens is 2. The Labute approximate surface area is 270 Å². The number of aromatic amines is 2.